The number of nitro groups is 1. The standard InChI is InChI=1S/C12H16N4O2/c1-9-8-14-12(15-9)13-6-5-10-3-2-4-11(7-10)16(17)18/h2-4,7,9H,5-6,8H2,1H3,(H2,13,14,15). The molecule has 1 atom stereocenters. The van der Waals surface area contributed by atoms with Crippen LogP contribution in [0.4, 0.5) is 5.69 Å². The third kappa shape index (κ3) is 3.19. The fourth-order valence-corrected chi connectivity index (χ4v) is 1.81. The number of guanidine groups is 1. The first-order chi connectivity index (χ1) is 8.65. The van der Waals surface area contributed by atoms with Crippen molar-refractivity contribution in [2.45, 2.75) is 19.4 Å². The van der Waals surface area contributed by atoms with Crippen LogP contribution in [-0.2, 0) is 6.42 Å². The Balaban J connectivity index is 1.83. The molecular weight excluding hydrogens is 232 g/mol. The highest BCUT2D eigenvalue weighted by Crippen LogP contribution is 2.13. The van der Waals surface area contributed by atoms with Gasteiger partial charge in [0.2, 0.25) is 0 Å². The highest BCUT2D eigenvalue weighted by Gasteiger charge is 2.11. The number of non-ortho nitro benzene ring substituents is 1. The van der Waals surface area contributed by atoms with Crippen LogP contribution in [-0.4, -0.2) is 30.0 Å². The number of nitro benzene ring substituents is 1. The zero-order valence-corrected chi connectivity index (χ0v) is 10.2. The summed E-state index contributed by atoms with van der Waals surface area (Å²) in [4.78, 5) is 14.5. The van der Waals surface area contributed by atoms with Gasteiger partial charge in [0, 0.05) is 24.7 Å². The second-order valence-electron chi connectivity index (χ2n) is 4.34. The van der Waals surface area contributed by atoms with Crippen LogP contribution < -0.4 is 10.6 Å². The van der Waals surface area contributed by atoms with Gasteiger partial charge in [-0.15, -0.1) is 0 Å². The summed E-state index contributed by atoms with van der Waals surface area (Å²) in [7, 11) is 0. The summed E-state index contributed by atoms with van der Waals surface area (Å²) in [5.41, 5.74) is 1.08. The molecule has 0 fully saturated rings. The highest BCUT2D eigenvalue weighted by molar-refractivity contribution is 5.81. The van der Waals surface area contributed by atoms with Crippen molar-refractivity contribution >= 4 is 11.6 Å². The van der Waals surface area contributed by atoms with Crippen molar-refractivity contribution < 1.29 is 4.92 Å². The van der Waals surface area contributed by atoms with E-state index in [1.165, 1.54) is 6.07 Å². The first-order valence-electron chi connectivity index (χ1n) is 5.93. The number of hydrogen-bond acceptors (Lipinski definition) is 5. The number of aliphatic imine (C=N–C) groups is 1. The lowest BCUT2D eigenvalue weighted by Crippen LogP contribution is -2.38. The largest absolute Gasteiger partial charge is 0.356 e. The summed E-state index contributed by atoms with van der Waals surface area (Å²) in [5, 5.41) is 17.0. The smallest absolute Gasteiger partial charge is 0.269 e. The van der Waals surface area contributed by atoms with Gasteiger partial charge in [0.15, 0.2) is 5.96 Å². The van der Waals surface area contributed by atoms with Gasteiger partial charge in [-0.05, 0) is 18.9 Å². The molecule has 96 valence electrons. The lowest BCUT2D eigenvalue weighted by atomic mass is 10.1. The third-order valence-electron chi connectivity index (χ3n) is 2.73. The fraction of sp³-hybridized carbons (Fsp3) is 0.417. The monoisotopic (exact) mass is 248 g/mol. The van der Waals surface area contributed by atoms with Crippen molar-refractivity contribution in [1.29, 1.82) is 0 Å². The minimum Gasteiger partial charge on any atom is -0.356 e. The van der Waals surface area contributed by atoms with Gasteiger partial charge >= 0.3 is 0 Å². The Labute approximate surface area is 105 Å². The SMILES string of the molecule is CC1CN=C(NCCc2cccc([N+](=O)[O-])c2)N1. The molecule has 0 spiro atoms. The van der Waals surface area contributed by atoms with Gasteiger partial charge in [0.25, 0.3) is 5.69 Å². The number of benzene rings is 1. The van der Waals surface area contributed by atoms with E-state index < -0.39 is 0 Å². The third-order valence-corrected chi connectivity index (χ3v) is 2.73. The topological polar surface area (TPSA) is 79.6 Å². The molecule has 1 heterocycles. The quantitative estimate of drug-likeness (QED) is 0.617. The molecule has 0 aliphatic carbocycles. The number of rotatable bonds is 4. The summed E-state index contributed by atoms with van der Waals surface area (Å²) in [5.74, 6) is 0.813. The van der Waals surface area contributed by atoms with Gasteiger partial charge in [-0.2, -0.15) is 0 Å². The van der Waals surface area contributed by atoms with Crippen LogP contribution in [0.5, 0.6) is 0 Å². The average Bonchev–Trinajstić information content (AvgIpc) is 2.75. The molecule has 1 aliphatic heterocycles. The molecule has 1 aromatic carbocycles. The highest BCUT2D eigenvalue weighted by atomic mass is 16.6. The predicted molar refractivity (Wildman–Crippen MR) is 69.7 cm³/mol. The van der Waals surface area contributed by atoms with Crippen molar-refractivity contribution in [2.24, 2.45) is 4.99 Å². The maximum Gasteiger partial charge on any atom is 0.269 e. The van der Waals surface area contributed by atoms with Crippen LogP contribution in [0, 0.1) is 10.1 Å². The lowest BCUT2D eigenvalue weighted by molar-refractivity contribution is -0.384. The number of nitrogens with zero attached hydrogens (tertiary/aromatic N) is 2. The average molecular weight is 248 g/mol. The van der Waals surface area contributed by atoms with E-state index in [1.54, 1.807) is 12.1 Å². The molecule has 0 aromatic heterocycles. The summed E-state index contributed by atoms with van der Waals surface area (Å²) < 4.78 is 0. The maximum atomic E-state index is 10.6. The first kappa shape index (κ1) is 12.3. The molecule has 18 heavy (non-hydrogen) atoms. The number of hydrogen-bond donors (Lipinski definition) is 2. The van der Waals surface area contributed by atoms with Crippen molar-refractivity contribution in [1.82, 2.24) is 10.6 Å². The van der Waals surface area contributed by atoms with Crippen molar-refractivity contribution in [2.75, 3.05) is 13.1 Å². The van der Waals surface area contributed by atoms with E-state index >= 15 is 0 Å². The van der Waals surface area contributed by atoms with Crippen molar-refractivity contribution in [3.8, 4) is 0 Å². The molecule has 2 N–H and O–H groups in total. The Morgan fingerprint density at radius 1 is 1.61 bits per heavy atom. The van der Waals surface area contributed by atoms with E-state index in [0.717, 1.165) is 24.5 Å². The first-order valence-corrected chi connectivity index (χ1v) is 5.93. The number of nitrogens with one attached hydrogen (secondary N) is 2. The molecular formula is C12H16N4O2. The normalized spacial score (nSPS) is 18.1. The summed E-state index contributed by atoms with van der Waals surface area (Å²) in [6, 6.07) is 7.09. The van der Waals surface area contributed by atoms with Gasteiger partial charge in [-0.1, -0.05) is 12.1 Å². The maximum absolute atomic E-state index is 10.6. The van der Waals surface area contributed by atoms with Crippen molar-refractivity contribution in [3.63, 3.8) is 0 Å². The van der Waals surface area contributed by atoms with Gasteiger partial charge in [-0.25, -0.2) is 0 Å². The Hall–Kier alpha value is -2.11. The predicted octanol–water partition coefficient (Wildman–Crippen LogP) is 1.07. The molecule has 6 nitrogen and oxygen atoms in total. The lowest BCUT2D eigenvalue weighted by Gasteiger charge is -2.08. The molecule has 0 saturated carbocycles. The molecule has 1 aromatic rings. The molecule has 0 radical (unpaired) electrons. The van der Waals surface area contributed by atoms with E-state index in [9.17, 15) is 10.1 Å². The van der Waals surface area contributed by atoms with E-state index in [-0.39, 0.29) is 10.6 Å². The molecule has 1 aliphatic rings. The van der Waals surface area contributed by atoms with E-state index in [4.69, 9.17) is 0 Å². The zero-order valence-electron chi connectivity index (χ0n) is 10.2. The second kappa shape index (κ2) is 5.48. The summed E-state index contributed by atoms with van der Waals surface area (Å²) in [6.07, 6.45) is 0.733. The molecule has 0 amide bonds. The molecule has 0 saturated heterocycles. The van der Waals surface area contributed by atoms with Gasteiger partial charge in [-0.3, -0.25) is 15.1 Å². The molecule has 1 unspecified atom stereocenters. The minimum atomic E-state index is -0.374. The minimum absolute atomic E-state index is 0.137. The Bertz CT molecular complexity index is 473. The van der Waals surface area contributed by atoms with Crippen LogP contribution >= 0.6 is 0 Å². The molecule has 2 rings (SSSR count). The van der Waals surface area contributed by atoms with Gasteiger partial charge < -0.3 is 10.6 Å². The van der Waals surface area contributed by atoms with Crippen LogP contribution in [0.1, 0.15) is 12.5 Å². The van der Waals surface area contributed by atoms with Crippen LogP contribution in [0.2, 0.25) is 0 Å². The molecule has 0 bridgehead atoms. The fourth-order valence-electron chi connectivity index (χ4n) is 1.81. The van der Waals surface area contributed by atoms with E-state index in [2.05, 4.69) is 22.5 Å². The van der Waals surface area contributed by atoms with Crippen molar-refractivity contribution in [3.05, 3.63) is 39.9 Å². The summed E-state index contributed by atoms with van der Waals surface area (Å²) >= 11 is 0. The molecule has 6 heteroatoms. The van der Waals surface area contributed by atoms with Crippen LogP contribution in [0.15, 0.2) is 29.3 Å². The van der Waals surface area contributed by atoms with E-state index in [1.807, 2.05) is 6.07 Å². The zero-order chi connectivity index (χ0) is 13.0. The van der Waals surface area contributed by atoms with Gasteiger partial charge in [0.1, 0.15) is 0 Å². The second-order valence-corrected chi connectivity index (χ2v) is 4.34. The van der Waals surface area contributed by atoms with Crippen LogP contribution in [0.25, 0.3) is 0 Å². The van der Waals surface area contributed by atoms with Gasteiger partial charge in [0.05, 0.1) is 11.5 Å². The van der Waals surface area contributed by atoms with E-state index in [0.29, 0.717) is 12.6 Å². The Morgan fingerprint density at radius 2 is 2.44 bits per heavy atom. The van der Waals surface area contributed by atoms with Crippen LogP contribution in [0.3, 0.4) is 0 Å². The Morgan fingerprint density at radius 3 is 3.11 bits per heavy atom. The Kier molecular flexibility index (Phi) is 3.76. The summed E-state index contributed by atoms with van der Waals surface area (Å²) in [6.45, 7) is 3.57.